The Morgan fingerprint density at radius 1 is 1.03 bits per heavy atom. The molecule has 3 heterocycles. The largest absolute Gasteiger partial charge is 0.360 e. The Bertz CT molecular complexity index is 1460. The lowest BCUT2D eigenvalue weighted by molar-refractivity contribution is 0.397. The fourth-order valence-electron chi connectivity index (χ4n) is 3.58. The van der Waals surface area contributed by atoms with Gasteiger partial charge in [0.25, 0.3) is 5.56 Å². The number of hydrogen-bond donors (Lipinski definition) is 0. The third-order valence-corrected chi connectivity index (χ3v) is 6.37. The molecule has 5 rings (SSSR count). The van der Waals surface area contributed by atoms with E-state index in [0.717, 1.165) is 22.6 Å². The lowest BCUT2D eigenvalue weighted by atomic mass is 10.1. The third-order valence-electron chi connectivity index (χ3n) is 5.43. The molecule has 0 saturated carbocycles. The summed E-state index contributed by atoms with van der Waals surface area (Å²) in [6.45, 7) is 3.92. The van der Waals surface area contributed by atoms with E-state index in [-0.39, 0.29) is 5.56 Å². The van der Waals surface area contributed by atoms with Crippen LogP contribution in [0.1, 0.15) is 17.0 Å². The zero-order valence-electron chi connectivity index (χ0n) is 18.3. The van der Waals surface area contributed by atoms with Crippen LogP contribution in [0.25, 0.3) is 22.6 Å². The summed E-state index contributed by atoms with van der Waals surface area (Å²) >= 11 is 1.38. The molecule has 0 bridgehead atoms. The van der Waals surface area contributed by atoms with Crippen LogP contribution in [0.4, 0.5) is 0 Å². The monoisotopic (exact) mass is 459 g/mol. The quantitative estimate of drug-likeness (QED) is 0.357. The van der Waals surface area contributed by atoms with E-state index in [1.165, 1.54) is 22.0 Å². The Morgan fingerprint density at radius 2 is 1.79 bits per heavy atom. The predicted molar refractivity (Wildman–Crippen MR) is 125 cm³/mol. The van der Waals surface area contributed by atoms with Gasteiger partial charge in [0.1, 0.15) is 11.5 Å². The first-order chi connectivity index (χ1) is 16.0. The summed E-state index contributed by atoms with van der Waals surface area (Å²) in [5, 5.41) is 16.7. The van der Waals surface area contributed by atoms with Crippen LogP contribution in [0.3, 0.4) is 0 Å². The van der Waals surface area contributed by atoms with Gasteiger partial charge in [0.05, 0.1) is 17.1 Å². The van der Waals surface area contributed by atoms with Crippen LogP contribution in [-0.4, -0.2) is 34.7 Å². The van der Waals surface area contributed by atoms with Crippen molar-refractivity contribution in [2.45, 2.75) is 24.8 Å². The van der Waals surface area contributed by atoms with Crippen molar-refractivity contribution in [3.8, 4) is 22.6 Å². The molecule has 0 spiro atoms. The SMILES string of the molecule is Cc1ccc(-c2cc(CSc3nnnn3-c3c(C)n(C)n(-c4ccccc4)c3=O)on2)cc1. The van der Waals surface area contributed by atoms with Crippen LogP contribution in [0.2, 0.25) is 0 Å². The molecule has 2 aromatic carbocycles. The maximum absolute atomic E-state index is 13.3. The van der Waals surface area contributed by atoms with Gasteiger partial charge in [-0.3, -0.25) is 9.48 Å². The van der Waals surface area contributed by atoms with Crippen LogP contribution < -0.4 is 5.56 Å². The smallest absolute Gasteiger partial charge is 0.297 e. The van der Waals surface area contributed by atoms with Gasteiger partial charge in [0, 0.05) is 18.7 Å². The van der Waals surface area contributed by atoms with Crippen LogP contribution in [0.15, 0.2) is 75.1 Å². The van der Waals surface area contributed by atoms with Gasteiger partial charge in [-0.05, 0) is 36.4 Å². The number of nitrogens with zero attached hydrogens (tertiary/aromatic N) is 7. The molecule has 0 aliphatic heterocycles. The second-order valence-corrected chi connectivity index (χ2v) is 8.56. The highest BCUT2D eigenvalue weighted by Crippen LogP contribution is 2.26. The molecule has 0 aliphatic rings. The van der Waals surface area contributed by atoms with Crippen molar-refractivity contribution in [1.82, 2.24) is 34.7 Å². The Labute approximate surface area is 193 Å². The van der Waals surface area contributed by atoms with Crippen molar-refractivity contribution in [3.63, 3.8) is 0 Å². The van der Waals surface area contributed by atoms with Gasteiger partial charge in [-0.1, -0.05) is 64.9 Å². The molecule has 9 nitrogen and oxygen atoms in total. The molecule has 0 radical (unpaired) electrons. The second-order valence-electron chi connectivity index (χ2n) is 7.62. The number of tetrazole rings is 1. The minimum absolute atomic E-state index is 0.198. The van der Waals surface area contributed by atoms with Crippen LogP contribution >= 0.6 is 11.8 Å². The average Bonchev–Trinajstić information content (AvgIpc) is 3.53. The van der Waals surface area contributed by atoms with Gasteiger partial charge in [-0.15, -0.1) is 5.10 Å². The summed E-state index contributed by atoms with van der Waals surface area (Å²) < 4.78 is 10.4. The summed E-state index contributed by atoms with van der Waals surface area (Å²) in [5.41, 5.74) is 4.68. The highest BCUT2D eigenvalue weighted by molar-refractivity contribution is 7.98. The number of aromatic nitrogens is 7. The van der Waals surface area contributed by atoms with Crippen molar-refractivity contribution >= 4 is 11.8 Å². The summed E-state index contributed by atoms with van der Waals surface area (Å²) in [6.07, 6.45) is 0. The van der Waals surface area contributed by atoms with Crippen molar-refractivity contribution in [2.75, 3.05) is 0 Å². The van der Waals surface area contributed by atoms with E-state index in [0.29, 0.717) is 22.4 Å². The highest BCUT2D eigenvalue weighted by atomic mass is 32.2. The molecule has 0 amide bonds. The zero-order chi connectivity index (χ0) is 22.9. The van der Waals surface area contributed by atoms with E-state index in [1.54, 1.807) is 9.36 Å². The van der Waals surface area contributed by atoms with Crippen LogP contribution in [-0.2, 0) is 12.8 Å². The molecule has 0 atom stereocenters. The van der Waals surface area contributed by atoms with Crippen molar-refractivity contribution in [1.29, 1.82) is 0 Å². The molecule has 0 unspecified atom stereocenters. The molecule has 5 aromatic rings. The zero-order valence-corrected chi connectivity index (χ0v) is 19.2. The van der Waals surface area contributed by atoms with Crippen LogP contribution in [0.5, 0.6) is 0 Å². The Kier molecular flexibility index (Phi) is 5.43. The molecule has 0 saturated heterocycles. The number of rotatable bonds is 6. The normalized spacial score (nSPS) is 11.2. The van der Waals surface area contributed by atoms with Crippen molar-refractivity contribution in [3.05, 3.63) is 88.0 Å². The van der Waals surface area contributed by atoms with Crippen LogP contribution in [0, 0.1) is 13.8 Å². The molecule has 3 aromatic heterocycles. The minimum Gasteiger partial charge on any atom is -0.360 e. The standard InChI is InChI=1S/C23H21N7O2S/c1-15-9-11-17(12-10-15)20-13-19(32-25-20)14-33-23-24-26-27-29(23)21-16(2)28(3)30(22(21)31)18-7-5-4-6-8-18/h4-13H,14H2,1-3H3. The maximum Gasteiger partial charge on any atom is 0.297 e. The molecular formula is C23H21N7O2S. The third kappa shape index (κ3) is 3.89. The second kappa shape index (κ2) is 8.55. The van der Waals surface area contributed by atoms with Crippen molar-refractivity contribution in [2.24, 2.45) is 7.05 Å². The number of thioether (sulfide) groups is 1. The first-order valence-corrected chi connectivity index (χ1v) is 11.3. The molecule has 10 heteroatoms. The van der Waals surface area contributed by atoms with Gasteiger partial charge < -0.3 is 4.52 Å². The van der Waals surface area contributed by atoms with E-state index >= 15 is 0 Å². The summed E-state index contributed by atoms with van der Waals surface area (Å²) in [4.78, 5) is 13.3. The molecular weight excluding hydrogens is 438 g/mol. The fraction of sp³-hybridized carbons (Fsp3) is 0.174. The summed E-state index contributed by atoms with van der Waals surface area (Å²) in [6, 6.07) is 19.5. The Balaban J connectivity index is 1.41. The van der Waals surface area contributed by atoms with Gasteiger partial charge in [-0.2, -0.15) is 4.68 Å². The van der Waals surface area contributed by atoms with Gasteiger partial charge >= 0.3 is 0 Å². The number of hydrogen-bond acceptors (Lipinski definition) is 7. The first-order valence-electron chi connectivity index (χ1n) is 10.3. The Hall–Kier alpha value is -3.92. The Morgan fingerprint density at radius 3 is 2.55 bits per heavy atom. The molecule has 0 aliphatic carbocycles. The molecule has 166 valence electrons. The highest BCUT2D eigenvalue weighted by Gasteiger charge is 2.22. The molecule has 33 heavy (non-hydrogen) atoms. The van der Waals surface area contributed by atoms with E-state index in [2.05, 4.69) is 20.7 Å². The van der Waals surface area contributed by atoms with E-state index in [1.807, 2.05) is 81.6 Å². The van der Waals surface area contributed by atoms with E-state index in [4.69, 9.17) is 4.52 Å². The molecule has 0 fully saturated rings. The predicted octanol–water partition coefficient (Wildman–Crippen LogP) is 3.72. The van der Waals surface area contributed by atoms with Gasteiger partial charge in [0.15, 0.2) is 5.69 Å². The minimum atomic E-state index is -0.198. The number of para-hydroxylation sites is 1. The summed E-state index contributed by atoms with van der Waals surface area (Å²) in [7, 11) is 1.84. The van der Waals surface area contributed by atoms with Gasteiger partial charge in [-0.25, -0.2) is 4.68 Å². The number of benzene rings is 2. The average molecular weight is 460 g/mol. The van der Waals surface area contributed by atoms with Gasteiger partial charge in [0.2, 0.25) is 5.16 Å². The lowest BCUT2D eigenvalue weighted by Gasteiger charge is -2.07. The fourth-order valence-corrected chi connectivity index (χ4v) is 4.34. The van der Waals surface area contributed by atoms with E-state index in [9.17, 15) is 4.79 Å². The maximum atomic E-state index is 13.3. The lowest BCUT2D eigenvalue weighted by Crippen LogP contribution is -2.22. The van der Waals surface area contributed by atoms with Crippen molar-refractivity contribution < 1.29 is 4.52 Å². The number of aryl methyl sites for hydroxylation is 1. The first kappa shape index (κ1) is 21.0. The topological polar surface area (TPSA) is 96.6 Å². The van der Waals surface area contributed by atoms with E-state index < -0.39 is 0 Å². The molecule has 0 N–H and O–H groups in total. The summed E-state index contributed by atoms with van der Waals surface area (Å²) in [5.74, 6) is 1.16.